The van der Waals surface area contributed by atoms with E-state index >= 15 is 0 Å². The van der Waals surface area contributed by atoms with Crippen molar-refractivity contribution in [3.8, 4) is 22.8 Å². The van der Waals surface area contributed by atoms with Crippen LogP contribution in [0.4, 0.5) is 0 Å². The summed E-state index contributed by atoms with van der Waals surface area (Å²) in [7, 11) is 14.8. The van der Waals surface area contributed by atoms with Crippen molar-refractivity contribution < 1.29 is 13.0 Å². The molecule has 0 radical (unpaired) electrons. The molecule has 3 heterocycles. The summed E-state index contributed by atoms with van der Waals surface area (Å²) in [5.74, 6) is 0. The molecule has 3 aromatic rings. The molecule has 7 heteroatoms. The monoisotopic (exact) mass is 524 g/mol. The van der Waals surface area contributed by atoms with Crippen LogP contribution < -0.4 is 0 Å². The van der Waals surface area contributed by atoms with Gasteiger partial charge in [0.25, 0.3) is 0 Å². The van der Waals surface area contributed by atoms with E-state index in [1.54, 1.807) is 0 Å². The Hall–Kier alpha value is -1.06. The number of hydrogen-bond acceptors (Lipinski definition) is 3. The van der Waals surface area contributed by atoms with E-state index in [4.69, 9.17) is 34.1 Å². The van der Waals surface area contributed by atoms with Gasteiger partial charge in [0.2, 0.25) is 0 Å². The third kappa shape index (κ3) is 7.08. The van der Waals surface area contributed by atoms with Crippen molar-refractivity contribution in [1.82, 2.24) is 15.0 Å². The first kappa shape index (κ1) is 23.2. The molecular formula is C21H23Cl3N3Ru. The van der Waals surface area contributed by atoms with Gasteiger partial charge in [-0.3, -0.25) is 9.97 Å². The van der Waals surface area contributed by atoms with E-state index in [0.717, 1.165) is 42.0 Å². The Labute approximate surface area is 184 Å². The summed E-state index contributed by atoms with van der Waals surface area (Å²) >= 11 is -1.75. The van der Waals surface area contributed by atoms with Gasteiger partial charge in [0, 0.05) is 12.4 Å². The summed E-state index contributed by atoms with van der Waals surface area (Å²) in [5.41, 5.74) is 7.50. The molecule has 0 spiro atoms. The second-order valence-corrected chi connectivity index (χ2v) is 14.0. The number of rotatable bonds is 5. The number of hydrogen-bond donors (Lipinski definition) is 0. The van der Waals surface area contributed by atoms with Crippen molar-refractivity contribution in [3.05, 3.63) is 65.5 Å². The van der Waals surface area contributed by atoms with Crippen molar-refractivity contribution in [1.29, 1.82) is 0 Å². The maximum absolute atomic E-state index is 4.95. The Morgan fingerprint density at radius 3 is 1.36 bits per heavy atom. The SMILES string of the molecule is CCc1ccnc(-c2cc(CC)cc(-c3cc(CC)ccn3)n2)c1.[Cl][Ru]([Cl])[Cl]. The summed E-state index contributed by atoms with van der Waals surface area (Å²) in [6, 6.07) is 12.6. The zero-order valence-electron chi connectivity index (χ0n) is 16.1. The second kappa shape index (κ2) is 11.8. The van der Waals surface area contributed by atoms with E-state index in [1.165, 1.54) is 16.7 Å². The number of nitrogens with zero attached hydrogens (tertiary/aromatic N) is 3. The maximum atomic E-state index is 4.95. The Morgan fingerprint density at radius 1 is 0.643 bits per heavy atom. The van der Waals surface area contributed by atoms with Crippen LogP contribution in [0.2, 0.25) is 0 Å². The molecule has 3 nitrogen and oxygen atoms in total. The van der Waals surface area contributed by atoms with Gasteiger partial charge in [0.15, 0.2) is 0 Å². The van der Waals surface area contributed by atoms with Crippen molar-refractivity contribution in [2.45, 2.75) is 40.0 Å². The normalized spacial score (nSPS) is 10.9. The van der Waals surface area contributed by atoms with E-state index < -0.39 is 13.0 Å². The van der Waals surface area contributed by atoms with Gasteiger partial charge in [0.05, 0.1) is 22.8 Å². The zero-order valence-corrected chi connectivity index (χ0v) is 20.1. The molecule has 151 valence electrons. The van der Waals surface area contributed by atoms with Gasteiger partial charge in [0.1, 0.15) is 0 Å². The van der Waals surface area contributed by atoms with Crippen LogP contribution in [0.1, 0.15) is 37.5 Å². The Morgan fingerprint density at radius 2 is 1.00 bits per heavy atom. The molecule has 0 saturated heterocycles. The molecule has 28 heavy (non-hydrogen) atoms. The van der Waals surface area contributed by atoms with Gasteiger partial charge < -0.3 is 0 Å². The van der Waals surface area contributed by atoms with Crippen LogP contribution in [0.5, 0.6) is 0 Å². The second-order valence-electron chi connectivity index (χ2n) is 6.06. The number of aryl methyl sites for hydroxylation is 3. The molecule has 0 bridgehead atoms. The first-order valence-corrected chi connectivity index (χ1v) is 15.8. The molecule has 0 aromatic carbocycles. The molecule has 3 rings (SSSR count). The van der Waals surface area contributed by atoms with Crippen molar-refractivity contribution >= 4 is 29.1 Å². The van der Waals surface area contributed by atoms with Gasteiger partial charge in [-0.05, 0) is 72.4 Å². The summed E-state index contributed by atoms with van der Waals surface area (Å²) in [6.45, 7) is 6.47. The quantitative estimate of drug-likeness (QED) is 0.339. The van der Waals surface area contributed by atoms with Crippen LogP contribution >= 0.6 is 29.1 Å². The molecule has 0 fully saturated rings. The molecule has 3 aromatic heterocycles. The van der Waals surface area contributed by atoms with Gasteiger partial charge in [-0.15, -0.1) is 0 Å². The number of halogens is 3. The molecule has 0 atom stereocenters. The average Bonchev–Trinajstić information content (AvgIpc) is 2.73. The number of pyridine rings is 3. The van der Waals surface area contributed by atoms with Crippen LogP contribution in [-0.4, -0.2) is 15.0 Å². The van der Waals surface area contributed by atoms with E-state index in [-0.39, 0.29) is 0 Å². The van der Waals surface area contributed by atoms with Gasteiger partial charge in [-0.25, -0.2) is 4.98 Å². The fourth-order valence-corrected chi connectivity index (χ4v) is 2.72. The summed E-state index contributed by atoms with van der Waals surface area (Å²) < 4.78 is 0. The Bertz CT molecular complexity index is 835. The van der Waals surface area contributed by atoms with Crippen LogP contribution in [0.15, 0.2) is 48.8 Å². The third-order valence-corrected chi connectivity index (χ3v) is 4.28. The van der Waals surface area contributed by atoms with Gasteiger partial charge in [-0.1, -0.05) is 20.8 Å². The van der Waals surface area contributed by atoms with E-state index in [0.29, 0.717) is 0 Å². The standard InChI is InChI=1S/C21H23N3.3ClH.Ru/c1-4-15-7-9-22-18(11-15)20-13-17(6-3)14-21(24-20)19-12-16(5-2)8-10-23-19;;;;/h7-14H,4-6H2,1-3H3;3*1H;/q;;;;+3/p-3. The van der Waals surface area contributed by atoms with Crippen LogP contribution in [0.3, 0.4) is 0 Å². The first-order valence-electron chi connectivity index (χ1n) is 9.05. The van der Waals surface area contributed by atoms with E-state index in [1.807, 2.05) is 12.4 Å². The van der Waals surface area contributed by atoms with Crippen LogP contribution in [0, 0.1) is 0 Å². The molecule has 0 amide bonds. The first-order chi connectivity index (χ1) is 13.5. The van der Waals surface area contributed by atoms with Gasteiger partial charge in [-0.2, -0.15) is 0 Å². The molecular weight excluding hydrogens is 502 g/mol. The summed E-state index contributed by atoms with van der Waals surface area (Å²) in [5, 5.41) is 0. The predicted octanol–water partition coefficient (Wildman–Crippen LogP) is 6.96. The average molecular weight is 525 g/mol. The van der Waals surface area contributed by atoms with E-state index in [9.17, 15) is 0 Å². The predicted molar refractivity (Wildman–Crippen MR) is 116 cm³/mol. The van der Waals surface area contributed by atoms with Crippen molar-refractivity contribution in [3.63, 3.8) is 0 Å². The number of aromatic nitrogens is 3. The van der Waals surface area contributed by atoms with Crippen LogP contribution in [0.25, 0.3) is 22.8 Å². The topological polar surface area (TPSA) is 38.7 Å². The van der Waals surface area contributed by atoms with Crippen LogP contribution in [-0.2, 0) is 32.2 Å². The molecule has 0 N–H and O–H groups in total. The Kier molecular flexibility index (Phi) is 9.81. The summed E-state index contributed by atoms with van der Waals surface area (Å²) in [4.78, 5) is 13.9. The third-order valence-electron chi connectivity index (χ3n) is 4.28. The molecule has 0 saturated carbocycles. The molecule has 0 aliphatic carbocycles. The van der Waals surface area contributed by atoms with E-state index in [2.05, 4.69) is 67.1 Å². The fourth-order valence-electron chi connectivity index (χ4n) is 2.72. The van der Waals surface area contributed by atoms with Crippen molar-refractivity contribution in [2.24, 2.45) is 0 Å². The molecule has 0 unspecified atom stereocenters. The molecule has 0 aliphatic heterocycles. The minimum absolute atomic E-state index is 0.920. The zero-order chi connectivity index (χ0) is 20.5. The fraction of sp³-hybridized carbons (Fsp3) is 0.286. The van der Waals surface area contributed by atoms with Crippen molar-refractivity contribution in [2.75, 3.05) is 0 Å². The minimum atomic E-state index is -1.75. The molecule has 0 aliphatic rings. The van der Waals surface area contributed by atoms with Gasteiger partial charge >= 0.3 is 42.1 Å². The Balaban J connectivity index is 0.000000640. The summed E-state index contributed by atoms with van der Waals surface area (Å²) in [6.07, 6.45) is 6.68.